The molecule has 2 saturated heterocycles. The van der Waals surface area contributed by atoms with Gasteiger partial charge in [0.25, 0.3) is 5.91 Å². The van der Waals surface area contributed by atoms with Gasteiger partial charge in [0.1, 0.15) is 5.60 Å². The van der Waals surface area contributed by atoms with E-state index in [2.05, 4.69) is 16.3 Å². The Hall–Kier alpha value is -2.81. The van der Waals surface area contributed by atoms with Gasteiger partial charge < -0.3 is 29.3 Å². The maximum absolute atomic E-state index is 13.7. The van der Waals surface area contributed by atoms with Gasteiger partial charge in [0, 0.05) is 52.2 Å². The summed E-state index contributed by atoms with van der Waals surface area (Å²) < 4.78 is 16.7. The molecule has 0 radical (unpaired) electrons. The van der Waals surface area contributed by atoms with Crippen molar-refractivity contribution in [3.8, 4) is 11.5 Å². The molecule has 0 aromatic heterocycles. The highest BCUT2D eigenvalue weighted by molar-refractivity contribution is 5.84. The SMILES string of the molecule is COc1cc2cc(c1OC)CCCNC(=O)CCC[C@H]1[C@@H]3C[C@@H](CN(C(=O)C(C)(C)OC)C3)CN1C(=O)CC2. The van der Waals surface area contributed by atoms with Gasteiger partial charge in [-0.1, -0.05) is 6.07 Å². The molecule has 9 nitrogen and oxygen atoms in total. The Morgan fingerprint density at radius 3 is 2.49 bits per heavy atom. The molecule has 0 unspecified atom stereocenters. The number of likely N-dealkylation sites (tertiary alicyclic amines) is 1. The van der Waals surface area contributed by atoms with E-state index in [0.717, 1.165) is 36.8 Å². The van der Waals surface area contributed by atoms with E-state index in [1.54, 1.807) is 35.2 Å². The van der Waals surface area contributed by atoms with E-state index in [4.69, 9.17) is 14.2 Å². The van der Waals surface area contributed by atoms with Gasteiger partial charge in [-0.05, 0) is 81.4 Å². The fourth-order valence-corrected chi connectivity index (χ4v) is 6.54. The summed E-state index contributed by atoms with van der Waals surface area (Å²) in [4.78, 5) is 43.5. The minimum absolute atomic E-state index is 0.00341. The zero-order valence-electron chi connectivity index (χ0n) is 24.2. The van der Waals surface area contributed by atoms with Crippen molar-refractivity contribution in [2.75, 3.05) is 47.5 Å². The van der Waals surface area contributed by atoms with E-state index in [1.165, 1.54) is 0 Å². The maximum atomic E-state index is 13.7. The Balaban J connectivity index is 1.57. The number of methoxy groups -OCH3 is 3. The lowest BCUT2D eigenvalue weighted by Gasteiger charge is -2.51. The minimum Gasteiger partial charge on any atom is -0.493 e. The molecule has 3 aliphatic heterocycles. The van der Waals surface area contributed by atoms with Crippen LogP contribution in [0.25, 0.3) is 0 Å². The number of carbonyl (C=O) groups excluding carboxylic acids is 3. The molecule has 1 N–H and O–H groups in total. The second-order valence-electron chi connectivity index (χ2n) is 11.7. The molecular formula is C30H45N3O6. The Morgan fingerprint density at radius 2 is 1.77 bits per heavy atom. The van der Waals surface area contributed by atoms with Crippen molar-refractivity contribution >= 4 is 17.7 Å². The first-order valence-electron chi connectivity index (χ1n) is 14.3. The van der Waals surface area contributed by atoms with E-state index in [9.17, 15) is 14.4 Å². The highest BCUT2D eigenvalue weighted by Crippen LogP contribution is 2.38. The number of hydrogen-bond donors (Lipinski definition) is 1. The number of piperidine rings is 2. The van der Waals surface area contributed by atoms with Gasteiger partial charge in [0.05, 0.1) is 14.2 Å². The van der Waals surface area contributed by atoms with Gasteiger partial charge in [-0.3, -0.25) is 14.4 Å². The van der Waals surface area contributed by atoms with Crippen LogP contribution in [0.15, 0.2) is 12.1 Å². The molecule has 4 bridgehead atoms. The summed E-state index contributed by atoms with van der Waals surface area (Å²) in [6.45, 7) is 6.10. The molecule has 0 aliphatic carbocycles. The molecule has 3 aliphatic rings. The monoisotopic (exact) mass is 543 g/mol. The fraction of sp³-hybridized carbons (Fsp3) is 0.700. The van der Waals surface area contributed by atoms with Gasteiger partial charge in [-0.15, -0.1) is 0 Å². The molecule has 3 atom stereocenters. The van der Waals surface area contributed by atoms with Crippen LogP contribution in [0.3, 0.4) is 0 Å². The first kappa shape index (κ1) is 29.2. The number of rotatable bonds is 4. The van der Waals surface area contributed by atoms with Crippen molar-refractivity contribution in [2.45, 2.75) is 76.9 Å². The Labute approximate surface area is 232 Å². The molecular weight excluding hydrogens is 498 g/mol. The van der Waals surface area contributed by atoms with Crippen molar-refractivity contribution in [3.63, 3.8) is 0 Å². The second-order valence-corrected chi connectivity index (χ2v) is 11.7. The molecule has 0 saturated carbocycles. The standard InChI is InChI=1S/C30H45N3O6/c1-30(2,39-5)29(36)32-17-21-15-23(19-32)24-9-6-10-26(34)31-13-7-8-22-14-20(11-12-27(35)33(24)18-21)16-25(37-3)28(22)38-4/h14,16,21,23-24H,6-13,15,17-19H2,1-5H3,(H,31,34)/t21-,23+,24-/m0/s1. The fourth-order valence-electron chi connectivity index (χ4n) is 6.54. The van der Waals surface area contributed by atoms with Gasteiger partial charge in [0.15, 0.2) is 11.5 Å². The van der Waals surface area contributed by atoms with Crippen LogP contribution in [-0.4, -0.2) is 86.7 Å². The summed E-state index contributed by atoms with van der Waals surface area (Å²) in [5.74, 6) is 1.97. The molecule has 2 fully saturated rings. The van der Waals surface area contributed by atoms with Gasteiger partial charge in [-0.2, -0.15) is 0 Å². The third-order valence-corrected chi connectivity index (χ3v) is 8.69. The Kier molecular flexibility index (Phi) is 9.41. The van der Waals surface area contributed by atoms with E-state index in [-0.39, 0.29) is 35.6 Å². The minimum atomic E-state index is -0.877. The molecule has 1 aromatic carbocycles. The van der Waals surface area contributed by atoms with Crippen molar-refractivity contribution in [1.29, 1.82) is 0 Å². The number of carbonyl (C=O) groups is 3. The molecule has 3 amide bonds. The van der Waals surface area contributed by atoms with Crippen LogP contribution in [0.4, 0.5) is 0 Å². The van der Waals surface area contributed by atoms with Crippen molar-refractivity contribution in [2.24, 2.45) is 11.8 Å². The van der Waals surface area contributed by atoms with Crippen LogP contribution < -0.4 is 14.8 Å². The number of amides is 3. The molecule has 1 aromatic rings. The number of aryl methyl sites for hydroxylation is 2. The van der Waals surface area contributed by atoms with Crippen LogP contribution in [0.5, 0.6) is 11.5 Å². The zero-order valence-corrected chi connectivity index (χ0v) is 24.2. The lowest BCUT2D eigenvalue weighted by molar-refractivity contribution is -0.158. The first-order chi connectivity index (χ1) is 18.7. The molecule has 4 rings (SSSR count). The summed E-state index contributed by atoms with van der Waals surface area (Å²) in [5, 5.41) is 3.05. The van der Waals surface area contributed by atoms with Crippen LogP contribution in [0, 0.1) is 11.8 Å². The Morgan fingerprint density at radius 1 is 0.974 bits per heavy atom. The molecule has 9 heteroatoms. The second kappa shape index (κ2) is 12.6. The average molecular weight is 544 g/mol. The zero-order chi connectivity index (χ0) is 28.2. The summed E-state index contributed by atoms with van der Waals surface area (Å²) in [7, 11) is 4.83. The summed E-state index contributed by atoms with van der Waals surface area (Å²) >= 11 is 0. The van der Waals surface area contributed by atoms with E-state index >= 15 is 0 Å². The van der Waals surface area contributed by atoms with Gasteiger partial charge >= 0.3 is 0 Å². The first-order valence-corrected chi connectivity index (χ1v) is 14.3. The van der Waals surface area contributed by atoms with E-state index < -0.39 is 5.60 Å². The number of fused-ring (bicyclic) bond motifs is 6. The summed E-state index contributed by atoms with van der Waals surface area (Å²) in [6.07, 6.45) is 5.45. The summed E-state index contributed by atoms with van der Waals surface area (Å²) in [5.41, 5.74) is 1.19. The maximum Gasteiger partial charge on any atom is 0.254 e. The molecule has 0 spiro atoms. The van der Waals surface area contributed by atoms with Crippen LogP contribution in [0.1, 0.15) is 63.5 Å². The molecule has 3 heterocycles. The predicted octanol–water partition coefficient (Wildman–Crippen LogP) is 2.97. The van der Waals surface area contributed by atoms with Crippen LogP contribution in [0.2, 0.25) is 0 Å². The quantitative estimate of drug-likeness (QED) is 0.627. The van der Waals surface area contributed by atoms with Crippen molar-refractivity contribution < 1.29 is 28.6 Å². The highest BCUT2D eigenvalue weighted by atomic mass is 16.5. The van der Waals surface area contributed by atoms with Crippen molar-refractivity contribution in [1.82, 2.24) is 15.1 Å². The number of ether oxygens (including phenoxy) is 3. The normalized spacial score (nSPS) is 25.0. The molecule has 216 valence electrons. The summed E-state index contributed by atoms with van der Waals surface area (Å²) in [6, 6.07) is 4.08. The smallest absolute Gasteiger partial charge is 0.254 e. The third-order valence-electron chi connectivity index (χ3n) is 8.69. The molecule has 39 heavy (non-hydrogen) atoms. The number of nitrogens with one attached hydrogen (secondary N) is 1. The average Bonchev–Trinajstić information content (AvgIpc) is 2.93. The van der Waals surface area contributed by atoms with E-state index in [1.807, 2.05) is 11.0 Å². The van der Waals surface area contributed by atoms with E-state index in [0.29, 0.717) is 63.4 Å². The van der Waals surface area contributed by atoms with Crippen LogP contribution >= 0.6 is 0 Å². The van der Waals surface area contributed by atoms with Gasteiger partial charge in [0.2, 0.25) is 11.8 Å². The lowest BCUT2D eigenvalue weighted by atomic mass is 9.77. The number of benzene rings is 1. The predicted molar refractivity (Wildman–Crippen MR) is 148 cm³/mol. The van der Waals surface area contributed by atoms with Gasteiger partial charge in [-0.25, -0.2) is 0 Å². The third kappa shape index (κ3) is 6.68. The Bertz CT molecular complexity index is 1060. The topological polar surface area (TPSA) is 97.4 Å². The number of hydrogen-bond acceptors (Lipinski definition) is 6. The van der Waals surface area contributed by atoms with Crippen molar-refractivity contribution in [3.05, 3.63) is 23.3 Å². The van der Waals surface area contributed by atoms with Crippen LogP contribution in [-0.2, 0) is 32.0 Å². The number of nitrogens with zero attached hydrogens (tertiary/aromatic N) is 2. The lowest BCUT2D eigenvalue weighted by Crippen LogP contribution is -2.62. The largest absolute Gasteiger partial charge is 0.493 e. The highest BCUT2D eigenvalue weighted by Gasteiger charge is 2.45.